The molecule has 6 nitrogen and oxygen atoms in total. The molecule has 1 saturated heterocycles. The molecule has 6 heteroatoms. The third kappa shape index (κ3) is 8.73. The zero-order valence-electron chi connectivity index (χ0n) is 16.4. The summed E-state index contributed by atoms with van der Waals surface area (Å²) in [5, 5.41) is 8.83. The highest BCUT2D eigenvalue weighted by atomic mass is 16.5. The first-order valence-corrected chi connectivity index (χ1v) is 9.96. The summed E-state index contributed by atoms with van der Waals surface area (Å²) in [6, 6.07) is 8.08. The number of methoxy groups -OCH3 is 1. The van der Waals surface area contributed by atoms with Crippen LogP contribution in [-0.2, 0) is 14.3 Å². The summed E-state index contributed by atoms with van der Waals surface area (Å²) >= 11 is 0. The summed E-state index contributed by atoms with van der Waals surface area (Å²) < 4.78 is 16.7. The van der Waals surface area contributed by atoms with Gasteiger partial charge in [-0.05, 0) is 30.5 Å². The van der Waals surface area contributed by atoms with Gasteiger partial charge in [-0.3, -0.25) is 9.69 Å². The minimum atomic E-state index is -0.755. The van der Waals surface area contributed by atoms with Crippen LogP contribution in [-0.4, -0.2) is 62.5 Å². The van der Waals surface area contributed by atoms with Gasteiger partial charge >= 0.3 is 5.97 Å². The Hall–Kier alpha value is -1.63. The van der Waals surface area contributed by atoms with Gasteiger partial charge in [0.25, 0.3) is 0 Å². The van der Waals surface area contributed by atoms with Crippen molar-refractivity contribution in [2.75, 3.05) is 46.6 Å². The van der Waals surface area contributed by atoms with Crippen molar-refractivity contribution in [3.05, 3.63) is 29.8 Å². The Kier molecular flexibility index (Phi) is 10.2. The maximum absolute atomic E-state index is 10.7. The molecule has 0 spiro atoms. The number of hydrogen-bond donors (Lipinski definition) is 1. The third-order valence-electron chi connectivity index (χ3n) is 4.81. The topological polar surface area (TPSA) is 68.2 Å². The van der Waals surface area contributed by atoms with E-state index in [2.05, 4.69) is 4.90 Å². The molecule has 0 amide bonds. The molecule has 1 unspecified atom stereocenters. The fourth-order valence-corrected chi connectivity index (χ4v) is 3.21. The van der Waals surface area contributed by atoms with Gasteiger partial charge in [0.05, 0.1) is 25.7 Å². The molecular formula is C21H33NO5. The molecule has 1 fully saturated rings. The van der Waals surface area contributed by atoms with E-state index in [1.807, 2.05) is 24.3 Å². The Morgan fingerprint density at radius 1 is 1.15 bits per heavy atom. The summed E-state index contributed by atoms with van der Waals surface area (Å²) in [5.41, 5.74) is 1.11. The van der Waals surface area contributed by atoms with Gasteiger partial charge in [-0.15, -0.1) is 0 Å². The maximum Gasteiger partial charge on any atom is 0.304 e. The number of unbranched alkanes of at least 4 members (excludes halogenated alkanes) is 4. The average Bonchev–Trinajstić information content (AvgIpc) is 2.69. The van der Waals surface area contributed by atoms with Gasteiger partial charge in [0.2, 0.25) is 0 Å². The maximum atomic E-state index is 10.7. The van der Waals surface area contributed by atoms with E-state index < -0.39 is 5.97 Å². The van der Waals surface area contributed by atoms with Crippen molar-refractivity contribution in [2.45, 2.75) is 44.6 Å². The lowest BCUT2D eigenvalue weighted by Gasteiger charge is -2.32. The number of nitrogens with zero attached hydrogens (tertiary/aromatic N) is 1. The monoisotopic (exact) mass is 379 g/mol. The van der Waals surface area contributed by atoms with E-state index in [4.69, 9.17) is 19.3 Å². The van der Waals surface area contributed by atoms with Crippen molar-refractivity contribution in [2.24, 2.45) is 0 Å². The second-order valence-corrected chi connectivity index (χ2v) is 6.98. The summed E-state index contributed by atoms with van der Waals surface area (Å²) in [4.78, 5) is 12.9. The third-order valence-corrected chi connectivity index (χ3v) is 4.81. The molecule has 1 N–H and O–H groups in total. The SMILES string of the molecule is COCCCCCCCOc1ccc(C2CN(CCC(=O)O)CCO2)cc1. The van der Waals surface area contributed by atoms with E-state index in [1.165, 1.54) is 19.3 Å². The first kappa shape index (κ1) is 21.7. The predicted octanol–water partition coefficient (Wildman–Crippen LogP) is 3.51. The van der Waals surface area contributed by atoms with Crippen LogP contribution in [0.1, 0.15) is 50.2 Å². The van der Waals surface area contributed by atoms with Gasteiger partial charge in [0, 0.05) is 33.4 Å². The van der Waals surface area contributed by atoms with Crippen LogP contribution in [0.25, 0.3) is 0 Å². The number of aliphatic carboxylic acids is 1. The highest BCUT2D eigenvalue weighted by Gasteiger charge is 2.22. The lowest BCUT2D eigenvalue weighted by Crippen LogP contribution is -2.39. The van der Waals surface area contributed by atoms with Crippen LogP contribution in [0, 0.1) is 0 Å². The summed E-state index contributed by atoms with van der Waals surface area (Å²) in [6.07, 6.45) is 6.00. The Morgan fingerprint density at radius 3 is 2.56 bits per heavy atom. The van der Waals surface area contributed by atoms with Crippen molar-refractivity contribution in [3.63, 3.8) is 0 Å². The molecule has 2 rings (SSSR count). The highest BCUT2D eigenvalue weighted by Crippen LogP contribution is 2.24. The van der Waals surface area contributed by atoms with Crippen molar-refractivity contribution in [1.82, 2.24) is 4.90 Å². The zero-order valence-corrected chi connectivity index (χ0v) is 16.4. The van der Waals surface area contributed by atoms with Crippen LogP contribution in [0.3, 0.4) is 0 Å². The largest absolute Gasteiger partial charge is 0.494 e. The molecule has 1 atom stereocenters. The van der Waals surface area contributed by atoms with Crippen LogP contribution in [0.5, 0.6) is 5.75 Å². The molecule has 1 aliphatic heterocycles. The molecule has 0 bridgehead atoms. The van der Waals surface area contributed by atoms with Crippen molar-refractivity contribution >= 4 is 5.97 Å². The molecule has 0 aliphatic carbocycles. The van der Waals surface area contributed by atoms with E-state index >= 15 is 0 Å². The fraction of sp³-hybridized carbons (Fsp3) is 0.667. The van der Waals surface area contributed by atoms with Gasteiger partial charge in [-0.2, -0.15) is 0 Å². The van der Waals surface area contributed by atoms with E-state index in [0.29, 0.717) is 13.2 Å². The number of rotatable bonds is 13. The van der Waals surface area contributed by atoms with E-state index in [0.717, 1.165) is 50.5 Å². The van der Waals surface area contributed by atoms with Gasteiger partial charge in [-0.25, -0.2) is 0 Å². The Labute approximate surface area is 162 Å². The number of morpholine rings is 1. The van der Waals surface area contributed by atoms with Crippen LogP contribution >= 0.6 is 0 Å². The highest BCUT2D eigenvalue weighted by molar-refractivity contribution is 5.66. The summed E-state index contributed by atoms with van der Waals surface area (Å²) in [5.74, 6) is 0.131. The molecule has 0 saturated carbocycles. The minimum Gasteiger partial charge on any atom is -0.494 e. The summed E-state index contributed by atoms with van der Waals surface area (Å²) in [6.45, 7) is 4.32. The van der Waals surface area contributed by atoms with Crippen molar-refractivity contribution < 1.29 is 24.1 Å². The fourth-order valence-electron chi connectivity index (χ4n) is 3.21. The minimum absolute atomic E-state index is 0.00584. The number of carbonyl (C=O) groups is 1. The second-order valence-electron chi connectivity index (χ2n) is 6.98. The van der Waals surface area contributed by atoms with E-state index in [-0.39, 0.29) is 12.5 Å². The van der Waals surface area contributed by atoms with Crippen LogP contribution in [0.4, 0.5) is 0 Å². The Balaban J connectivity index is 1.66. The van der Waals surface area contributed by atoms with Crippen LogP contribution < -0.4 is 4.74 Å². The molecule has 27 heavy (non-hydrogen) atoms. The molecule has 1 aromatic carbocycles. The molecule has 152 valence electrons. The number of ether oxygens (including phenoxy) is 3. The van der Waals surface area contributed by atoms with Gasteiger partial charge in [0.15, 0.2) is 0 Å². The van der Waals surface area contributed by atoms with Gasteiger partial charge in [0.1, 0.15) is 5.75 Å². The lowest BCUT2D eigenvalue weighted by molar-refractivity contribution is -0.137. The van der Waals surface area contributed by atoms with Gasteiger partial charge in [-0.1, -0.05) is 31.4 Å². The standard InChI is InChI=1S/C21H33NO5/c1-25-14-5-3-2-4-6-15-26-19-9-7-18(8-10-19)20-17-22(13-16-27-20)12-11-21(23)24/h7-10,20H,2-6,11-17H2,1H3,(H,23,24). The normalized spacial score (nSPS) is 17.7. The van der Waals surface area contributed by atoms with Gasteiger partial charge < -0.3 is 19.3 Å². The molecular weight excluding hydrogens is 346 g/mol. The quantitative estimate of drug-likeness (QED) is 0.529. The number of carboxylic acids is 1. The Bertz CT molecular complexity index is 534. The van der Waals surface area contributed by atoms with E-state index in [9.17, 15) is 4.79 Å². The van der Waals surface area contributed by atoms with Crippen molar-refractivity contribution in [1.29, 1.82) is 0 Å². The second kappa shape index (κ2) is 12.7. The smallest absolute Gasteiger partial charge is 0.304 e. The number of benzene rings is 1. The number of hydrogen-bond acceptors (Lipinski definition) is 5. The first-order valence-electron chi connectivity index (χ1n) is 9.96. The van der Waals surface area contributed by atoms with Crippen LogP contribution in [0.2, 0.25) is 0 Å². The lowest BCUT2D eigenvalue weighted by atomic mass is 10.1. The molecule has 1 heterocycles. The Morgan fingerprint density at radius 2 is 1.85 bits per heavy atom. The molecule has 1 aliphatic rings. The molecule has 0 aromatic heterocycles. The van der Waals surface area contributed by atoms with Crippen molar-refractivity contribution in [3.8, 4) is 5.75 Å². The zero-order chi connectivity index (χ0) is 19.3. The summed E-state index contributed by atoms with van der Waals surface area (Å²) in [7, 11) is 1.75. The molecule has 0 radical (unpaired) electrons. The predicted molar refractivity (Wildman–Crippen MR) is 104 cm³/mol. The number of carboxylic acid groups (broad SMARTS) is 1. The first-order chi connectivity index (χ1) is 13.2. The van der Waals surface area contributed by atoms with E-state index in [1.54, 1.807) is 7.11 Å². The molecule has 1 aromatic rings. The average molecular weight is 379 g/mol. The van der Waals surface area contributed by atoms with Crippen LogP contribution in [0.15, 0.2) is 24.3 Å².